The van der Waals surface area contributed by atoms with Gasteiger partial charge in [0.25, 0.3) is 0 Å². The van der Waals surface area contributed by atoms with Crippen molar-refractivity contribution < 1.29 is 88.5 Å². The Labute approximate surface area is 212 Å². The van der Waals surface area contributed by atoms with Crippen LogP contribution in [0.5, 0.6) is 11.5 Å². The summed E-state index contributed by atoms with van der Waals surface area (Å²) in [6, 6.07) is 4.19. The average Bonchev–Trinajstić information content (AvgIpc) is 2.78. The fraction of sp³-hybridized carbons (Fsp3) is 0.700. The van der Waals surface area contributed by atoms with E-state index in [1.54, 1.807) is 0 Å². The van der Waals surface area contributed by atoms with Gasteiger partial charge in [0.1, 0.15) is 0 Å². The van der Waals surface area contributed by atoms with Gasteiger partial charge in [-0.25, -0.2) is 0 Å². The van der Waals surface area contributed by atoms with Gasteiger partial charge in [-0.2, -0.15) is 79.0 Å². The Hall–Kier alpha value is -2.44. The van der Waals surface area contributed by atoms with Gasteiger partial charge in [0, 0.05) is 12.8 Å². The monoisotopic (exact) mass is 630 g/mol. The Kier molecular flexibility index (Phi) is 10.2. The van der Waals surface area contributed by atoms with Crippen molar-refractivity contribution in [2.24, 2.45) is 0 Å². The van der Waals surface area contributed by atoms with Gasteiger partial charge in [-0.3, -0.25) is 0 Å². The molecule has 0 aliphatic heterocycles. The predicted molar refractivity (Wildman–Crippen MR) is 97.7 cm³/mol. The van der Waals surface area contributed by atoms with E-state index in [0.717, 1.165) is 24.3 Å². The minimum Gasteiger partial charge on any atom is -0.490 e. The quantitative estimate of drug-likeness (QED) is 0.151. The van der Waals surface area contributed by atoms with Gasteiger partial charge in [0.15, 0.2) is 11.5 Å². The summed E-state index contributed by atoms with van der Waals surface area (Å²) in [5.74, 6) is -40.6. The van der Waals surface area contributed by atoms with Crippen LogP contribution in [0.25, 0.3) is 0 Å². The third kappa shape index (κ3) is 6.88. The van der Waals surface area contributed by atoms with Gasteiger partial charge in [0.05, 0.1) is 13.2 Å². The van der Waals surface area contributed by atoms with E-state index in [0.29, 0.717) is 0 Å². The van der Waals surface area contributed by atoms with Crippen molar-refractivity contribution in [2.45, 2.75) is 73.6 Å². The van der Waals surface area contributed by atoms with Crippen LogP contribution in [0.4, 0.5) is 79.0 Å². The molecule has 0 saturated heterocycles. The number of hydrogen-bond donors (Lipinski definition) is 0. The van der Waals surface area contributed by atoms with E-state index in [2.05, 4.69) is 0 Å². The number of hydrogen-bond acceptors (Lipinski definition) is 2. The number of alkyl halides is 18. The summed E-state index contributed by atoms with van der Waals surface area (Å²) in [4.78, 5) is 0. The van der Waals surface area contributed by atoms with Crippen LogP contribution in [0.2, 0.25) is 0 Å². The fourth-order valence-corrected chi connectivity index (χ4v) is 2.77. The first-order valence-corrected chi connectivity index (χ1v) is 10.4. The van der Waals surface area contributed by atoms with Crippen LogP contribution < -0.4 is 9.47 Å². The molecular formula is C20H16F18O2. The van der Waals surface area contributed by atoms with Crippen LogP contribution in [-0.4, -0.2) is 61.1 Å². The zero-order chi connectivity index (χ0) is 31.6. The molecule has 234 valence electrons. The summed E-state index contributed by atoms with van der Waals surface area (Å²) in [5, 5.41) is 0. The molecule has 0 aromatic heterocycles. The molecule has 0 fully saturated rings. The van der Waals surface area contributed by atoms with Gasteiger partial charge in [-0.1, -0.05) is 12.1 Å². The van der Waals surface area contributed by atoms with E-state index in [-0.39, 0.29) is 0 Å². The molecule has 0 unspecified atom stereocenters. The lowest BCUT2D eigenvalue weighted by molar-refractivity contribution is -0.396. The first-order valence-electron chi connectivity index (χ1n) is 10.4. The topological polar surface area (TPSA) is 18.5 Å². The third-order valence-corrected chi connectivity index (χ3v) is 5.05. The Morgan fingerprint density at radius 1 is 0.425 bits per heavy atom. The number of halogens is 18. The van der Waals surface area contributed by atoms with Crippen LogP contribution in [0.15, 0.2) is 24.3 Å². The average molecular weight is 630 g/mol. The zero-order valence-corrected chi connectivity index (χ0v) is 19.2. The van der Waals surface area contributed by atoms with Crippen LogP contribution in [0, 0.1) is 0 Å². The molecule has 2 nitrogen and oxygen atoms in total. The predicted octanol–water partition coefficient (Wildman–Crippen LogP) is 8.94. The number of para-hydroxylation sites is 2. The summed E-state index contributed by atoms with van der Waals surface area (Å²) < 4.78 is 241. The van der Waals surface area contributed by atoms with Crippen molar-refractivity contribution >= 4 is 0 Å². The minimum absolute atomic E-state index is 0.501. The van der Waals surface area contributed by atoms with E-state index in [9.17, 15) is 79.0 Å². The Morgan fingerprint density at radius 3 is 0.950 bits per heavy atom. The second-order valence-corrected chi connectivity index (χ2v) is 8.05. The van der Waals surface area contributed by atoms with Gasteiger partial charge in [-0.05, 0) is 25.0 Å². The van der Waals surface area contributed by atoms with Crippen LogP contribution in [0.1, 0.15) is 25.7 Å². The SMILES string of the molecule is FC(F)(F)C(F)(F)C(F)(F)C(F)(F)CCCOc1ccccc1OCCCC(F)(F)C(F)(F)C(F)(F)C(F)(F)F. The summed E-state index contributed by atoms with van der Waals surface area (Å²) in [7, 11) is 0. The molecular weight excluding hydrogens is 614 g/mol. The van der Waals surface area contributed by atoms with Crippen molar-refractivity contribution in [3.63, 3.8) is 0 Å². The second kappa shape index (κ2) is 11.4. The van der Waals surface area contributed by atoms with Crippen LogP contribution in [-0.2, 0) is 0 Å². The highest BCUT2D eigenvalue weighted by Crippen LogP contribution is 2.55. The third-order valence-electron chi connectivity index (χ3n) is 5.05. The summed E-state index contributed by atoms with van der Waals surface area (Å²) in [5.41, 5.74) is 0. The van der Waals surface area contributed by atoms with Crippen molar-refractivity contribution in [3.8, 4) is 11.5 Å². The highest BCUT2D eigenvalue weighted by atomic mass is 19.4. The molecule has 0 N–H and O–H groups in total. The Bertz CT molecular complexity index is 890. The first-order chi connectivity index (χ1) is 17.7. The highest BCUT2D eigenvalue weighted by Gasteiger charge is 2.82. The maximum Gasteiger partial charge on any atom is 0.460 e. The minimum atomic E-state index is -7.09. The van der Waals surface area contributed by atoms with E-state index < -0.39 is 98.3 Å². The maximum absolute atomic E-state index is 13.5. The van der Waals surface area contributed by atoms with Gasteiger partial charge >= 0.3 is 47.9 Å². The Morgan fingerprint density at radius 2 is 0.700 bits per heavy atom. The largest absolute Gasteiger partial charge is 0.490 e. The second-order valence-electron chi connectivity index (χ2n) is 8.05. The van der Waals surface area contributed by atoms with E-state index in [4.69, 9.17) is 9.47 Å². The lowest BCUT2D eigenvalue weighted by atomic mass is 10.00. The molecule has 40 heavy (non-hydrogen) atoms. The number of ether oxygens (including phenoxy) is 2. The van der Waals surface area contributed by atoms with Crippen molar-refractivity contribution in [3.05, 3.63) is 24.3 Å². The molecule has 0 aliphatic carbocycles. The fourth-order valence-electron chi connectivity index (χ4n) is 2.77. The summed E-state index contributed by atoms with van der Waals surface area (Å²) in [6.07, 6.45) is -21.0. The molecule has 0 spiro atoms. The highest BCUT2D eigenvalue weighted by molar-refractivity contribution is 5.39. The number of benzene rings is 1. The van der Waals surface area contributed by atoms with Crippen molar-refractivity contribution in [1.29, 1.82) is 0 Å². The van der Waals surface area contributed by atoms with E-state index in [1.807, 2.05) is 0 Å². The molecule has 1 aromatic rings. The lowest BCUT2D eigenvalue weighted by Crippen LogP contribution is -2.60. The van der Waals surface area contributed by atoms with Crippen molar-refractivity contribution in [2.75, 3.05) is 13.2 Å². The Balaban J connectivity index is 2.76. The van der Waals surface area contributed by atoms with Crippen LogP contribution >= 0.6 is 0 Å². The van der Waals surface area contributed by atoms with Gasteiger partial charge in [-0.15, -0.1) is 0 Å². The molecule has 0 saturated carbocycles. The maximum atomic E-state index is 13.5. The molecule has 0 aliphatic rings. The standard InChI is InChI=1S/C20H16F18O2/c21-13(22,15(25,26)17(29,30)19(33,34)35)7-3-9-39-11-5-1-2-6-12(11)40-10-4-8-14(23,24)16(27,28)18(31,32)20(36,37)38/h1-2,5-6H,3-4,7-10H2. The molecule has 0 radical (unpaired) electrons. The number of rotatable bonds is 14. The van der Waals surface area contributed by atoms with Gasteiger partial charge < -0.3 is 9.47 Å². The van der Waals surface area contributed by atoms with E-state index >= 15 is 0 Å². The molecule has 1 rings (SSSR count). The van der Waals surface area contributed by atoms with Crippen molar-refractivity contribution in [1.82, 2.24) is 0 Å². The molecule has 0 heterocycles. The molecule has 0 bridgehead atoms. The molecule has 1 aromatic carbocycles. The lowest BCUT2D eigenvalue weighted by Gasteiger charge is -2.33. The van der Waals surface area contributed by atoms with Crippen LogP contribution in [0.3, 0.4) is 0 Å². The zero-order valence-electron chi connectivity index (χ0n) is 19.2. The normalized spacial score (nSPS) is 14.8. The van der Waals surface area contributed by atoms with E-state index in [1.165, 1.54) is 0 Å². The summed E-state index contributed by atoms with van der Waals surface area (Å²) >= 11 is 0. The molecule has 0 amide bonds. The smallest absolute Gasteiger partial charge is 0.460 e. The summed E-state index contributed by atoms with van der Waals surface area (Å²) in [6.45, 7) is -2.08. The molecule has 20 heteroatoms. The molecule has 0 atom stereocenters. The van der Waals surface area contributed by atoms with Gasteiger partial charge in [0.2, 0.25) is 0 Å². The first kappa shape index (κ1) is 35.6.